The number of H-pyrrole nitrogens is 1. The molecule has 0 aliphatic carbocycles. The van der Waals surface area contributed by atoms with Crippen LogP contribution in [0.25, 0.3) is 10.9 Å². The lowest BCUT2D eigenvalue weighted by atomic mass is 9.95. The minimum atomic E-state index is -0.122. The molecule has 0 bridgehead atoms. The number of hydrogen-bond donors (Lipinski definition) is 3. The number of nitrogens with one attached hydrogen (secondary N) is 3. The SMILES string of the molecule is CC1CNCCC1NC(=O)CCCc1nc2ccccc2c(=O)[nH]1.Cl. The summed E-state index contributed by atoms with van der Waals surface area (Å²) >= 11 is 0. The molecule has 2 atom stereocenters. The molecule has 2 heterocycles. The average molecular weight is 365 g/mol. The van der Waals surface area contributed by atoms with Crippen molar-refractivity contribution in [1.82, 2.24) is 20.6 Å². The van der Waals surface area contributed by atoms with E-state index in [-0.39, 0.29) is 29.9 Å². The maximum atomic E-state index is 12.1. The quantitative estimate of drug-likeness (QED) is 0.754. The molecule has 3 rings (SSSR count). The lowest BCUT2D eigenvalue weighted by Gasteiger charge is -2.30. The third kappa shape index (κ3) is 5.03. The predicted molar refractivity (Wildman–Crippen MR) is 101 cm³/mol. The highest BCUT2D eigenvalue weighted by atomic mass is 35.5. The Hall–Kier alpha value is -1.92. The van der Waals surface area contributed by atoms with Crippen molar-refractivity contribution in [2.45, 2.75) is 38.6 Å². The highest BCUT2D eigenvalue weighted by Crippen LogP contribution is 2.11. The summed E-state index contributed by atoms with van der Waals surface area (Å²) in [5.41, 5.74) is 0.577. The number of fused-ring (bicyclic) bond motifs is 1. The minimum absolute atomic E-state index is 0. The van der Waals surface area contributed by atoms with Crippen LogP contribution in [0.2, 0.25) is 0 Å². The van der Waals surface area contributed by atoms with E-state index in [2.05, 4.69) is 27.5 Å². The van der Waals surface area contributed by atoms with Crippen LogP contribution < -0.4 is 16.2 Å². The lowest BCUT2D eigenvalue weighted by molar-refractivity contribution is -0.122. The zero-order valence-corrected chi connectivity index (χ0v) is 15.2. The van der Waals surface area contributed by atoms with Gasteiger partial charge in [-0.05, 0) is 44.0 Å². The molecule has 1 amide bonds. The number of aromatic amines is 1. The van der Waals surface area contributed by atoms with E-state index in [1.165, 1.54) is 0 Å². The molecular weight excluding hydrogens is 340 g/mol. The first-order valence-electron chi connectivity index (χ1n) is 8.61. The van der Waals surface area contributed by atoms with E-state index < -0.39 is 0 Å². The van der Waals surface area contributed by atoms with Crippen LogP contribution >= 0.6 is 12.4 Å². The van der Waals surface area contributed by atoms with Gasteiger partial charge in [0.15, 0.2) is 0 Å². The number of nitrogens with zero attached hydrogens (tertiary/aromatic N) is 1. The van der Waals surface area contributed by atoms with Gasteiger partial charge in [-0.25, -0.2) is 4.98 Å². The van der Waals surface area contributed by atoms with E-state index in [4.69, 9.17) is 0 Å². The summed E-state index contributed by atoms with van der Waals surface area (Å²) in [5.74, 6) is 1.18. The molecule has 3 N–H and O–H groups in total. The molecule has 7 heteroatoms. The van der Waals surface area contributed by atoms with Crippen molar-refractivity contribution in [2.75, 3.05) is 13.1 Å². The Morgan fingerprint density at radius 3 is 2.96 bits per heavy atom. The fourth-order valence-electron chi connectivity index (χ4n) is 3.18. The van der Waals surface area contributed by atoms with E-state index in [1.807, 2.05) is 18.2 Å². The van der Waals surface area contributed by atoms with Gasteiger partial charge in [0.1, 0.15) is 5.82 Å². The molecule has 136 valence electrons. The highest BCUT2D eigenvalue weighted by molar-refractivity contribution is 5.85. The first-order valence-corrected chi connectivity index (χ1v) is 8.61. The first-order chi connectivity index (χ1) is 11.6. The van der Waals surface area contributed by atoms with Crippen LogP contribution in [0.3, 0.4) is 0 Å². The number of benzene rings is 1. The van der Waals surface area contributed by atoms with E-state index in [0.717, 1.165) is 19.5 Å². The number of hydrogen-bond acceptors (Lipinski definition) is 4. The third-order valence-electron chi connectivity index (χ3n) is 4.61. The molecule has 1 aliphatic rings. The molecule has 0 saturated carbocycles. The summed E-state index contributed by atoms with van der Waals surface area (Å²) in [6.07, 6.45) is 2.70. The number of carbonyl (C=O) groups excluding carboxylic acids is 1. The van der Waals surface area contributed by atoms with E-state index in [1.54, 1.807) is 6.07 Å². The van der Waals surface area contributed by atoms with Crippen LogP contribution in [0.1, 0.15) is 32.0 Å². The average Bonchev–Trinajstić information content (AvgIpc) is 2.57. The fourth-order valence-corrected chi connectivity index (χ4v) is 3.18. The largest absolute Gasteiger partial charge is 0.353 e. The normalized spacial score (nSPS) is 20.0. The van der Waals surface area contributed by atoms with Crippen molar-refractivity contribution in [2.24, 2.45) is 5.92 Å². The molecular formula is C18H25ClN4O2. The number of para-hydroxylation sites is 1. The molecule has 1 aromatic heterocycles. The lowest BCUT2D eigenvalue weighted by Crippen LogP contribution is -2.48. The number of rotatable bonds is 5. The van der Waals surface area contributed by atoms with Crippen molar-refractivity contribution < 1.29 is 4.79 Å². The summed E-state index contributed by atoms with van der Waals surface area (Å²) in [5, 5.41) is 7.05. The Bertz CT molecular complexity index is 777. The summed E-state index contributed by atoms with van der Waals surface area (Å²) in [6.45, 7) is 4.06. The van der Waals surface area contributed by atoms with Crippen LogP contribution in [0, 0.1) is 5.92 Å². The number of piperidine rings is 1. The van der Waals surface area contributed by atoms with Crippen LogP contribution in [-0.4, -0.2) is 35.0 Å². The summed E-state index contributed by atoms with van der Waals surface area (Å²) in [6, 6.07) is 7.55. The zero-order chi connectivity index (χ0) is 16.9. The molecule has 2 aromatic rings. The second kappa shape index (κ2) is 8.97. The van der Waals surface area contributed by atoms with Crippen molar-refractivity contribution >= 4 is 29.2 Å². The van der Waals surface area contributed by atoms with Gasteiger partial charge in [0.05, 0.1) is 10.9 Å². The molecule has 25 heavy (non-hydrogen) atoms. The maximum Gasteiger partial charge on any atom is 0.258 e. The van der Waals surface area contributed by atoms with Crippen LogP contribution in [-0.2, 0) is 11.2 Å². The van der Waals surface area contributed by atoms with Gasteiger partial charge in [0.2, 0.25) is 5.91 Å². The first kappa shape index (κ1) is 19.4. The molecule has 1 aliphatic heterocycles. The maximum absolute atomic E-state index is 12.1. The monoisotopic (exact) mass is 364 g/mol. The summed E-state index contributed by atoms with van der Waals surface area (Å²) < 4.78 is 0. The van der Waals surface area contributed by atoms with Gasteiger partial charge in [0, 0.05) is 18.9 Å². The van der Waals surface area contributed by atoms with Gasteiger partial charge in [-0.3, -0.25) is 9.59 Å². The number of carbonyl (C=O) groups is 1. The number of aromatic nitrogens is 2. The fraction of sp³-hybridized carbons (Fsp3) is 0.500. The second-order valence-corrected chi connectivity index (χ2v) is 6.53. The molecule has 1 aromatic carbocycles. The van der Waals surface area contributed by atoms with Crippen LogP contribution in [0.15, 0.2) is 29.1 Å². The van der Waals surface area contributed by atoms with E-state index >= 15 is 0 Å². The molecule has 6 nitrogen and oxygen atoms in total. The van der Waals surface area contributed by atoms with Crippen LogP contribution in [0.5, 0.6) is 0 Å². The smallest absolute Gasteiger partial charge is 0.258 e. The van der Waals surface area contributed by atoms with Gasteiger partial charge in [-0.15, -0.1) is 12.4 Å². The Balaban J connectivity index is 0.00000225. The number of amides is 1. The second-order valence-electron chi connectivity index (χ2n) is 6.53. The number of aryl methyl sites for hydroxylation is 1. The van der Waals surface area contributed by atoms with Crippen molar-refractivity contribution in [1.29, 1.82) is 0 Å². The number of halogens is 1. The van der Waals surface area contributed by atoms with Gasteiger partial charge >= 0.3 is 0 Å². The molecule has 0 spiro atoms. The predicted octanol–water partition coefficient (Wildman–Crippen LogP) is 1.78. The van der Waals surface area contributed by atoms with Crippen molar-refractivity contribution in [3.63, 3.8) is 0 Å². The Labute approximate surface area is 153 Å². The molecule has 2 unspecified atom stereocenters. The Kier molecular flexibility index (Phi) is 6.96. The topological polar surface area (TPSA) is 86.9 Å². The van der Waals surface area contributed by atoms with E-state index in [0.29, 0.717) is 41.9 Å². The summed E-state index contributed by atoms with van der Waals surface area (Å²) in [4.78, 5) is 31.4. The highest BCUT2D eigenvalue weighted by Gasteiger charge is 2.22. The standard InChI is InChI=1S/C18H24N4O2.ClH/c1-12-11-19-10-9-14(12)21-17(23)8-4-7-16-20-15-6-3-2-5-13(15)18(24)22-16;/h2-3,5-6,12,14,19H,4,7-11H2,1H3,(H,21,23)(H,20,22,24);1H. The molecule has 1 fully saturated rings. The van der Waals surface area contributed by atoms with Gasteiger partial charge < -0.3 is 15.6 Å². The van der Waals surface area contributed by atoms with Gasteiger partial charge in [-0.1, -0.05) is 19.1 Å². The zero-order valence-electron chi connectivity index (χ0n) is 14.4. The third-order valence-corrected chi connectivity index (χ3v) is 4.61. The molecule has 1 saturated heterocycles. The van der Waals surface area contributed by atoms with Crippen molar-refractivity contribution in [3.8, 4) is 0 Å². The Morgan fingerprint density at radius 1 is 1.36 bits per heavy atom. The van der Waals surface area contributed by atoms with E-state index in [9.17, 15) is 9.59 Å². The molecule has 0 radical (unpaired) electrons. The summed E-state index contributed by atoms with van der Waals surface area (Å²) in [7, 11) is 0. The van der Waals surface area contributed by atoms with Gasteiger partial charge in [0.25, 0.3) is 5.56 Å². The van der Waals surface area contributed by atoms with Gasteiger partial charge in [-0.2, -0.15) is 0 Å². The Morgan fingerprint density at radius 2 is 2.16 bits per heavy atom. The van der Waals surface area contributed by atoms with Crippen molar-refractivity contribution in [3.05, 3.63) is 40.4 Å². The minimum Gasteiger partial charge on any atom is -0.353 e. The van der Waals surface area contributed by atoms with Crippen LogP contribution in [0.4, 0.5) is 0 Å².